The Hall–Kier alpha value is 1.96. The fourth-order valence-corrected chi connectivity index (χ4v) is 0. The van der Waals surface area contributed by atoms with Crippen molar-refractivity contribution in [2.75, 3.05) is 0 Å². The van der Waals surface area contributed by atoms with Crippen molar-refractivity contribution in [1.29, 1.82) is 0 Å². The maximum atomic E-state index is 9.46. The Labute approximate surface area is 83.3 Å². The van der Waals surface area contributed by atoms with E-state index in [1.165, 1.54) is 0 Å². The molecule has 0 bridgehead atoms. The van der Waals surface area contributed by atoms with Crippen LogP contribution in [0.5, 0.6) is 0 Å². The molecule has 0 saturated heterocycles. The molecule has 0 aromatic rings. The molecule has 0 atom stereocenters. The van der Waals surface area contributed by atoms with Gasteiger partial charge < -0.3 is 9.79 Å². The number of hydrogen-bond donors (Lipinski definition) is 2. The van der Waals surface area contributed by atoms with E-state index in [1.54, 1.807) is 0 Å². The van der Waals surface area contributed by atoms with E-state index in [-0.39, 0.29) is 35.9 Å². The molecule has 0 amide bonds. The van der Waals surface area contributed by atoms with Crippen molar-refractivity contribution in [2.45, 2.75) is 0 Å². The van der Waals surface area contributed by atoms with E-state index in [4.69, 9.17) is 9.79 Å². The first kappa shape index (κ1) is 16.5. The van der Waals surface area contributed by atoms with Crippen molar-refractivity contribution in [3.63, 3.8) is 0 Å². The van der Waals surface area contributed by atoms with Gasteiger partial charge in [-0.1, -0.05) is 0 Å². The third-order valence-corrected chi connectivity index (χ3v) is 1.81. The van der Waals surface area contributed by atoms with Gasteiger partial charge in [-0.25, -0.2) is 7.42 Å². The standard InChI is InChI=1S/Fe.H2IO4P.Li.H/c;1-5-6(2,3)4;;/h;(H2,2,3,4);;. The number of rotatable bonds is 1. The first-order chi connectivity index (χ1) is 2.56. The van der Waals surface area contributed by atoms with Crippen molar-refractivity contribution in [1.82, 2.24) is 0 Å². The Bertz CT molecular complexity index is 80.1. The molecule has 0 rings (SSSR count). The molecule has 0 fully saturated rings. The minimum absolute atomic E-state index is 0. The zero-order valence-electron chi connectivity index (χ0n) is 2.89. The summed E-state index contributed by atoms with van der Waals surface area (Å²) in [6.45, 7) is 0. The zero-order chi connectivity index (χ0) is 5.21. The van der Waals surface area contributed by atoms with Crippen molar-refractivity contribution >= 4 is 49.7 Å². The van der Waals surface area contributed by atoms with Crippen LogP contribution in [0.25, 0.3) is 0 Å². The van der Waals surface area contributed by atoms with Gasteiger partial charge in [0.05, 0.1) is 0 Å². The van der Waals surface area contributed by atoms with Crippen LogP contribution in [0.15, 0.2) is 0 Å². The Morgan fingerprint density at radius 2 is 1.62 bits per heavy atom. The Morgan fingerprint density at radius 3 is 1.62 bits per heavy atom. The van der Waals surface area contributed by atoms with E-state index in [2.05, 4.69) is 2.85 Å². The van der Waals surface area contributed by atoms with E-state index >= 15 is 0 Å². The van der Waals surface area contributed by atoms with Gasteiger partial charge >= 0.3 is 26.7 Å². The predicted octanol–water partition coefficient (Wildman–Crippen LogP) is -0.205. The third-order valence-electron chi connectivity index (χ3n) is 0.0899. The molecule has 8 heteroatoms. The second kappa shape index (κ2) is 7.07. The molecule has 0 radical (unpaired) electrons. The van der Waals surface area contributed by atoms with Gasteiger partial charge in [-0.05, 0) is 0 Å². The van der Waals surface area contributed by atoms with E-state index in [1.807, 2.05) is 0 Å². The van der Waals surface area contributed by atoms with Crippen molar-refractivity contribution in [3.8, 4) is 0 Å². The zero-order valence-corrected chi connectivity index (χ0v) is 7.05. The van der Waals surface area contributed by atoms with Gasteiger partial charge in [0.2, 0.25) is 0 Å². The molecule has 0 saturated carbocycles. The molecule has 0 aliphatic rings. The first-order valence-corrected chi connectivity index (χ1v) is 3.33. The summed E-state index contributed by atoms with van der Waals surface area (Å²) in [5.41, 5.74) is 0. The van der Waals surface area contributed by atoms with Crippen LogP contribution in [0.2, 0.25) is 0 Å². The molecule has 0 aromatic carbocycles. The van der Waals surface area contributed by atoms with E-state index in [9.17, 15) is 4.57 Å². The summed E-state index contributed by atoms with van der Waals surface area (Å²) < 4.78 is 13.0. The van der Waals surface area contributed by atoms with Crippen LogP contribution in [0.3, 0.4) is 0 Å². The monoisotopic (exact) mass is 288 g/mol. The van der Waals surface area contributed by atoms with Gasteiger partial charge in [-0.15, -0.1) is 0 Å². The van der Waals surface area contributed by atoms with E-state index < -0.39 is 7.82 Å². The molecule has 2 N–H and O–H groups in total. The second-order valence-corrected chi connectivity index (χ2v) is 2.86. The molecular formula is H3FeILiO4P. The molecule has 4 nitrogen and oxygen atoms in total. The van der Waals surface area contributed by atoms with Gasteiger partial charge in [-0.3, -0.25) is 0 Å². The van der Waals surface area contributed by atoms with Crippen LogP contribution in [0.4, 0.5) is 0 Å². The predicted molar refractivity (Wildman–Crippen MR) is 34.3 cm³/mol. The van der Waals surface area contributed by atoms with E-state index in [0.29, 0.717) is 0 Å². The summed E-state index contributed by atoms with van der Waals surface area (Å²) >= 11 is 1.13. The Morgan fingerprint density at radius 1 is 1.50 bits per heavy atom. The third kappa shape index (κ3) is 15.7. The molecule has 0 aliphatic carbocycles. The minimum atomic E-state index is -4.16. The number of halogens is 1. The van der Waals surface area contributed by atoms with Crippen LogP contribution in [-0.2, 0) is 24.5 Å². The van der Waals surface area contributed by atoms with Gasteiger partial charge in [0.15, 0.2) is 0 Å². The summed E-state index contributed by atoms with van der Waals surface area (Å²) in [5, 5.41) is 0. The number of phosphoric acid groups is 1. The Balaban J connectivity index is -0.000000125. The number of hydrogen-bond acceptors (Lipinski definition) is 2. The second-order valence-electron chi connectivity index (χ2n) is 0.560. The topological polar surface area (TPSA) is 66.8 Å². The van der Waals surface area contributed by atoms with Crippen LogP contribution < -0.4 is 0 Å². The van der Waals surface area contributed by atoms with Crippen molar-refractivity contribution in [3.05, 3.63) is 0 Å². The molecule has 0 heterocycles. The summed E-state index contributed by atoms with van der Waals surface area (Å²) in [5.74, 6) is 0. The maximum absolute atomic E-state index is 9.46. The molecule has 0 aliphatic heterocycles. The van der Waals surface area contributed by atoms with Gasteiger partial charge in [-0.2, -0.15) is 0 Å². The van der Waals surface area contributed by atoms with Crippen molar-refractivity contribution < 1.29 is 34.3 Å². The average Bonchev–Trinajstić information content (AvgIpc) is 1.35. The first-order valence-electron chi connectivity index (χ1n) is 0.919. The SMILES string of the molecule is O=P(O)(O)OI.[Fe].[LiH]. The average molecular weight is 288 g/mol. The molecular weight excluding hydrogens is 285 g/mol. The summed E-state index contributed by atoms with van der Waals surface area (Å²) in [6.07, 6.45) is 0. The quantitative estimate of drug-likeness (QED) is 0.398. The van der Waals surface area contributed by atoms with Gasteiger partial charge in [0, 0.05) is 17.1 Å². The fourth-order valence-electron chi connectivity index (χ4n) is 0. The summed E-state index contributed by atoms with van der Waals surface area (Å²) in [6, 6.07) is 0. The van der Waals surface area contributed by atoms with Crippen LogP contribution in [-0.4, -0.2) is 28.6 Å². The molecule has 0 spiro atoms. The van der Waals surface area contributed by atoms with Crippen LogP contribution in [0, 0.1) is 0 Å². The van der Waals surface area contributed by atoms with Crippen LogP contribution >= 0.6 is 30.8 Å². The van der Waals surface area contributed by atoms with Gasteiger partial charge in [0.25, 0.3) is 0 Å². The van der Waals surface area contributed by atoms with E-state index in [0.717, 1.165) is 23.0 Å². The molecule has 0 aromatic heterocycles. The normalized spacial score (nSPS) is 8.88. The van der Waals surface area contributed by atoms with Gasteiger partial charge in [0.1, 0.15) is 23.0 Å². The van der Waals surface area contributed by atoms with Crippen LogP contribution in [0.1, 0.15) is 0 Å². The summed E-state index contributed by atoms with van der Waals surface area (Å²) in [4.78, 5) is 15.4. The molecule has 8 heavy (non-hydrogen) atoms. The van der Waals surface area contributed by atoms with Crippen molar-refractivity contribution in [2.24, 2.45) is 0 Å². The summed E-state index contributed by atoms with van der Waals surface area (Å²) in [7, 11) is -4.16. The fraction of sp³-hybridized carbons (Fsp3) is 0. The molecule has 48 valence electrons. The molecule has 0 unspecified atom stereocenters. The Kier molecular flexibility index (Phi) is 14.6.